The molecule has 2 aliphatic rings. The first-order valence-corrected chi connectivity index (χ1v) is 15.6. The van der Waals surface area contributed by atoms with E-state index in [9.17, 15) is 32.3 Å². The van der Waals surface area contributed by atoms with Crippen LogP contribution in [0.2, 0.25) is 0 Å². The number of nitrogens with one attached hydrogen (secondary N) is 1. The van der Waals surface area contributed by atoms with Crippen LogP contribution in [0.4, 0.5) is 30.2 Å². The molecule has 6 rings (SSSR count). The number of amides is 3. The van der Waals surface area contributed by atoms with E-state index in [1.54, 1.807) is 12.1 Å². The molecule has 8 nitrogen and oxygen atoms in total. The monoisotopic (exact) mass is 652 g/mol. The second-order valence-electron chi connectivity index (χ2n) is 11.1. The minimum atomic E-state index is -4.69. The predicted molar refractivity (Wildman–Crippen MR) is 168 cm³/mol. The third-order valence-electron chi connectivity index (χ3n) is 7.92. The van der Waals surface area contributed by atoms with Crippen molar-refractivity contribution in [3.8, 4) is 0 Å². The van der Waals surface area contributed by atoms with Gasteiger partial charge in [-0.15, -0.1) is 0 Å². The van der Waals surface area contributed by atoms with Gasteiger partial charge in [0.05, 0.1) is 27.9 Å². The molecule has 0 bridgehead atoms. The Balaban J connectivity index is 1.40. The van der Waals surface area contributed by atoms with Crippen molar-refractivity contribution < 1.29 is 27.6 Å². The highest BCUT2D eigenvalue weighted by Crippen LogP contribution is 2.54. The summed E-state index contributed by atoms with van der Waals surface area (Å²) in [6.45, 7) is 1.33. The number of aryl methyl sites for hydroxylation is 1. The van der Waals surface area contributed by atoms with Crippen molar-refractivity contribution in [1.29, 1.82) is 0 Å². The van der Waals surface area contributed by atoms with E-state index in [1.807, 2.05) is 62.3 Å². The lowest BCUT2D eigenvalue weighted by Gasteiger charge is -2.31. The molecule has 0 saturated carbocycles. The molecule has 3 atom stereocenters. The summed E-state index contributed by atoms with van der Waals surface area (Å²) < 4.78 is 41.8. The van der Waals surface area contributed by atoms with Gasteiger partial charge in [-0.2, -0.15) is 13.2 Å². The molecule has 2 unspecified atom stereocenters. The maximum absolute atomic E-state index is 14.0. The van der Waals surface area contributed by atoms with E-state index in [-0.39, 0.29) is 5.91 Å². The molecule has 0 spiro atoms. The number of rotatable bonds is 6. The number of halogens is 3. The summed E-state index contributed by atoms with van der Waals surface area (Å²) in [6.07, 6.45) is -4.69. The topological polar surface area (TPSA) is 91.7 Å². The van der Waals surface area contributed by atoms with E-state index in [0.29, 0.717) is 15.6 Å². The van der Waals surface area contributed by atoms with Crippen LogP contribution < -0.4 is 20.0 Å². The van der Waals surface area contributed by atoms with Gasteiger partial charge in [0.25, 0.3) is 0 Å². The molecule has 3 heterocycles. The van der Waals surface area contributed by atoms with Crippen molar-refractivity contribution in [3.63, 3.8) is 0 Å². The van der Waals surface area contributed by atoms with E-state index in [0.717, 1.165) is 52.0 Å². The Hall–Kier alpha value is -4.36. The molecule has 1 saturated heterocycles. The van der Waals surface area contributed by atoms with Crippen LogP contribution in [0.25, 0.3) is 0 Å². The van der Waals surface area contributed by atoms with Crippen molar-refractivity contribution in [3.05, 3.63) is 104 Å². The van der Waals surface area contributed by atoms with Gasteiger partial charge in [0, 0.05) is 30.6 Å². The zero-order chi connectivity index (χ0) is 32.2. The van der Waals surface area contributed by atoms with Crippen molar-refractivity contribution in [1.82, 2.24) is 4.57 Å². The van der Waals surface area contributed by atoms with Gasteiger partial charge in [-0.3, -0.25) is 23.7 Å². The Morgan fingerprint density at radius 2 is 1.60 bits per heavy atom. The summed E-state index contributed by atoms with van der Waals surface area (Å²) in [5.41, 5.74) is 1.60. The fourth-order valence-electron chi connectivity index (χ4n) is 5.72. The highest BCUT2D eigenvalue weighted by atomic mass is 32.2. The number of benzene rings is 3. The minimum Gasteiger partial charge on any atom is -0.378 e. The number of imide groups is 1. The molecule has 2 aliphatic heterocycles. The first-order valence-electron chi connectivity index (χ1n) is 13.9. The number of fused-ring (bicyclic) bond motifs is 2. The predicted octanol–water partition coefficient (Wildman–Crippen LogP) is 5.74. The minimum absolute atomic E-state index is 0.346. The van der Waals surface area contributed by atoms with Gasteiger partial charge in [0.2, 0.25) is 17.7 Å². The number of hydrogen-bond donors (Lipinski definition) is 1. The highest BCUT2D eigenvalue weighted by Gasteiger charge is 2.56. The van der Waals surface area contributed by atoms with Gasteiger partial charge in [-0.25, -0.2) is 4.90 Å². The lowest BCUT2D eigenvalue weighted by atomic mass is 9.83. The first kappa shape index (κ1) is 30.7. The van der Waals surface area contributed by atoms with Crippen molar-refractivity contribution in [2.24, 2.45) is 5.92 Å². The summed E-state index contributed by atoms with van der Waals surface area (Å²) in [5, 5.41) is 1.74. The van der Waals surface area contributed by atoms with Crippen molar-refractivity contribution in [2.75, 3.05) is 29.2 Å². The second-order valence-corrected chi connectivity index (χ2v) is 13.2. The average molecular weight is 653 g/mol. The molecule has 1 N–H and O–H groups in total. The van der Waals surface area contributed by atoms with Gasteiger partial charge >= 0.3 is 11.0 Å². The molecular weight excluding hydrogens is 626 g/mol. The lowest BCUT2D eigenvalue weighted by Crippen LogP contribution is -2.33. The number of hydrogen-bond acceptors (Lipinski definition) is 7. The molecule has 3 aromatic carbocycles. The summed E-state index contributed by atoms with van der Waals surface area (Å²) in [5.74, 6) is -3.14. The summed E-state index contributed by atoms with van der Waals surface area (Å²) in [4.78, 5) is 57.5. The number of anilines is 3. The van der Waals surface area contributed by atoms with Crippen LogP contribution in [0.5, 0.6) is 0 Å². The number of alkyl halides is 3. The molecule has 3 amide bonds. The molecule has 232 valence electrons. The van der Waals surface area contributed by atoms with Gasteiger partial charge < -0.3 is 10.2 Å². The van der Waals surface area contributed by atoms with E-state index < -0.39 is 57.7 Å². The van der Waals surface area contributed by atoms with E-state index in [1.165, 1.54) is 21.6 Å². The first-order chi connectivity index (χ1) is 21.3. The van der Waals surface area contributed by atoms with Crippen LogP contribution in [0.1, 0.15) is 27.5 Å². The molecule has 1 fully saturated rings. The molecule has 45 heavy (non-hydrogen) atoms. The second kappa shape index (κ2) is 11.5. The van der Waals surface area contributed by atoms with Crippen LogP contribution in [0.3, 0.4) is 0 Å². The van der Waals surface area contributed by atoms with Gasteiger partial charge in [0.1, 0.15) is 11.8 Å². The molecule has 13 heteroatoms. The largest absolute Gasteiger partial charge is 0.418 e. The fourth-order valence-corrected chi connectivity index (χ4v) is 8.49. The van der Waals surface area contributed by atoms with E-state index >= 15 is 0 Å². The summed E-state index contributed by atoms with van der Waals surface area (Å²) in [7, 11) is 3.78. The Labute approximate surface area is 264 Å². The maximum atomic E-state index is 14.0. The van der Waals surface area contributed by atoms with Gasteiger partial charge in [-0.1, -0.05) is 65.1 Å². The third-order valence-corrected chi connectivity index (χ3v) is 10.5. The van der Waals surface area contributed by atoms with Crippen LogP contribution in [-0.2, 0) is 27.1 Å². The number of thioether (sulfide) groups is 1. The zero-order valence-electron chi connectivity index (χ0n) is 24.3. The molecule has 0 aliphatic carbocycles. The number of thiazole rings is 1. The zero-order valence-corrected chi connectivity index (χ0v) is 25.9. The lowest BCUT2D eigenvalue weighted by molar-refractivity contribution is -0.137. The number of nitrogens with zero attached hydrogens (tertiary/aromatic N) is 3. The Bertz CT molecular complexity index is 1870. The normalized spacial score (nSPS) is 19.3. The number of carbonyl (C=O) groups excluding carboxylic acids is 3. The Morgan fingerprint density at radius 1 is 0.933 bits per heavy atom. The molecular formula is C32H27F3N4O4S2. The van der Waals surface area contributed by atoms with Crippen LogP contribution >= 0.6 is 23.1 Å². The summed E-state index contributed by atoms with van der Waals surface area (Å²) in [6, 6.07) is 19.1. The van der Waals surface area contributed by atoms with Crippen molar-refractivity contribution >= 4 is 57.9 Å². The average Bonchev–Trinajstić information content (AvgIpc) is 3.43. The fraction of sp³-hybridized carbons (Fsp3) is 0.250. The van der Waals surface area contributed by atoms with Gasteiger partial charge in [0.15, 0.2) is 0 Å². The molecule has 1 aromatic heterocycles. The van der Waals surface area contributed by atoms with Crippen LogP contribution in [0.15, 0.2) is 82.6 Å². The quantitative estimate of drug-likeness (QED) is 0.268. The standard InChI is InChI=1S/C32H27F3N4O4S2/c1-17-8-12-20(13-9-17)39-28(41)25-24(18-10-14-19(15-11-18)37(2)3)27-30(44-26(25)29(39)42)38(31(43)45-27)16-23(40)36-22-7-5-4-6-21(22)32(33,34)35/h4-15,24-26H,16H2,1-3H3,(H,36,40)/t24-,25?,26?/m1/s1. The maximum Gasteiger partial charge on any atom is 0.418 e. The van der Waals surface area contributed by atoms with E-state index in [4.69, 9.17) is 0 Å². The van der Waals surface area contributed by atoms with Crippen molar-refractivity contribution in [2.45, 2.75) is 35.8 Å². The number of para-hydroxylation sites is 1. The Morgan fingerprint density at radius 3 is 2.24 bits per heavy atom. The SMILES string of the molecule is Cc1ccc(N2C(=O)C3Sc4c(sc(=O)n4CC(=O)Nc4ccccc4C(F)(F)F)[C@H](c4ccc(N(C)C)cc4)C3C2=O)cc1. The highest BCUT2D eigenvalue weighted by molar-refractivity contribution is 8.00. The number of carbonyl (C=O) groups is 3. The smallest absolute Gasteiger partial charge is 0.378 e. The van der Waals surface area contributed by atoms with Crippen LogP contribution in [-0.4, -0.2) is 41.6 Å². The third kappa shape index (κ3) is 5.54. The van der Waals surface area contributed by atoms with Gasteiger partial charge in [-0.05, 0) is 48.9 Å². The number of aromatic nitrogens is 1. The molecule has 4 aromatic rings. The Kier molecular flexibility index (Phi) is 7.86. The molecule has 0 radical (unpaired) electrons. The van der Waals surface area contributed by atoms with Crippen LogP contribution in [0, 0.1) is 12.8 Å². The van der Waals surface area contributed by atoms with E-state index in [2.05, 4.69) is 5.32 Å². The summed E-state index contributed by atoms with van der Waals surface area (Å²) >= 11 is 1.92.